The van der Waals surface area contributed by atoms with Gasteiger partial charge in [-0.25, -0.2) is 8.42 Å². The summed E-state index contributed by atoms with van der Waals surface area (Å²) in [6.07, 6.45) is 0. The number of hydrogen-bond donors (Lipinski definition) is 1. The summed E-state index contributed by atoms with van der Waals surface area (Å²) in [5.74, 6) is 0. The number of nitro benzene ring substituents is 1. The van der Waals surface area contributed by atoms with Crippen molar-refractivity contribution in [3.05, 3.63) is 76.3 Å². The van der Waals surface area contributed by atoms with E-state index in [0.29, 0.717) is 5.71 Å². The summed E-state index contributed by atoms with van der Waals surface area (Å²) in [6, 6.07) is 17.5. The highest BCUT2D eigenvalue weighted by molar-refractivity contribution is 7.89. The van der Waals surface area contributed by atoms with Crippen LogP contribution in [0.15, 0.2) is 70.7 Å². The Morgan fingerprint density at radius 3 is 2.42 bits per heavy atom. The van der Waals surface area contributed by atoms with Crippen LogP contribution in [0.1, 0.15) is 26.3 Å². The molecule has 0 heterocycles. The summed E-state index contributed by atoms with van der Waals surface area (Å²) in [5.41, 5.74) is 4.03. The van der Waals surface area contributed by atoms with Gasteiger partial charge in [-0.3, -0.25) is 15.5 Å². The van der Waals surface area contributed by atoms with E-state index >= 15 is 0 Å². The first-order chi connectivity index (χ1) is 14.8. The first-order valence-electron chi connectivity index (χ1n) is 9.86. The first-order valence-corrected chi connectivity index (χ1v) is 11.3. The molecule has 3 aromatic rings. The van der Waals surface area contributed by atoms with Crippen molar-refractivity contribution in [1.29, 1.82) is 0 Å². The highest BCUT2D eigenvalue weighted by Gasteiger charge is 2.25. The molecular formula is C22H24N4O4S. The molecule has 0 aliphatic rings. The summed E-state index contributed by atoms with van der Waals surface area (Å²) in [6.45, 7) is 5.80. The van der Waals surface area contributed by atoms with Crippen LogP contribution in [0.2, 0.25) is 0 Å². The molecule has 31 heavy (non-hydrogen) atoms. The van der Waals surface area contributed by atoms with Crippen molar-refractivity contribution in [2.45, 2.75) is 25.7 Å². The average molecular weight is 441 g/mol. The maximum atomic E-state index is 12.7. The molecule has 0 radical (unpaired) electrons. The minimum atomic E-state index is -3.81. The predicted octanol–water partition coefficient (Wildman–Crippen LogP) is 4.61. The topological polar surface area (TPSA) is 105 Å². The summed E-state index contributed by atoms with van der Waals surface area (Å²) in [4.78, 5) is 10.9. The van der Waals surface area contributed by atoms with Crippen molar-refractivity contribution in [3.63, 3.8) is 0 Å². The van der Waals surface area contributed by atoms with Crippen LogP contribution >= 0.6 is 0 Å². The Labute approximate surface area is 181 Å². The van der Waals surface area contributed by atoms with Crippen LogP contribution < -0.4 is 5.43 Å². The Balaban J connectivity index is 1.97. The Bertz CT molecular complexity index is 1250. The highest BCUT2D eigenvalue weighted by atomic mass is 32.2. The van der Waals surface area contributed by atoms with Gasteiger partial charge in [0.2, 0.25) is 10.0 Å². The number of hydrazone groups is 1. The lowest BCUT2D eigenvalue weighted by Crippen LogP contribution is -2.30. The Morgan fingerprint density at radius 1 is 1.06 bits per heavy atom. The fourth-order valence-corrected chi connectivity index (χ4v) is 4.85. The molecule has 0 unspecified atom stereocenters. The molecule has 3 rings (SSSR count). The molecule has 0 aliphatic carbocycles. The molecule has 0 atom stereocenters. The van der Waals surface area contributed by atoms with Gasteiger partial charge in [0.05, 0.1) is 15.5 Å². The van der Waals surface area contributed by atoms with Gasteiger partial charge in [0.25, 0.3) is 5.69 Å². The molecule has 0 fully saturated rings. The molecule has 0 amide bonds. The van der Waals surface area contributed by atoms with Crippen LogP contribution in [-0.2, 0) is 10.0 Å². The molecule has 0 saturated heterocycles. The highest BCUT2D eigenvalue weighted by Crippen LogP contribution is 2.29. The molecule has 0 bridgehead atoms. The minimum Gasteiger partial charge on any atom is -0.271 e. The van der Waals surface area contributed by atoms with Crippen LogP contribution in [0, 0.1) is 10.1 Å². The zero-order valence-corrected chi connectivity index (χ0v) is 18.4. The van der Waals surface area contributed by atoms with Crippen molar-refractivity contribution >= 4 is 37.9 Å². The van der Waals surface area contributed by atoms with E-state index in [9.17, 15) is 18.5 Å². The number of nitrogens with one attached hydrogen (secondary N) is 1. The first kappa shape index (κ1) is 22.4. The normalized spacial score (nSPS) is 12.3. The molecule has 1 N–H and O–H groups in total. The van der Waals surface area contributed by atoms with Gasteiger partial charge in [0.15, 0.2) is 0 Å². The molecule has 0 aromatic heterocycles. The van der Waals surface area contributed by atoms with E-state index < -0.39 is 14.9 Å². The quantitative estimate of drug-likeness (QED) is 0.313. The summed E-state index contributed by atoms with van der Waals surface area (Å²) >= 11 is 0. The standard InChI is InChI=1S/C22H24N4O4S/c1-4-25(5-2)31(29,30)18-13-14-21(22(15-18)26(27)28)24-23-16(3)19-12-8-10-17-9-6-7-11-20(17)19/h6-15,24H,4-5H2,1-3H3. The lowest BCUT2D eigenvalue weighted by atomic mass is 10.0. The summed E-state index contributed by atoms with van der Waals surface area (Å²) in [7, 11) is -3.81. The van der Waals surface area contributed by atoms with Gasteiger partial charge in [-0.1, -0.05) is 56.3 Å². The number of nitrogens with zero attached hydrogens (tertiary/aromatic N) is 3. The molecule has 0 spiro atoms. The van der Waals surface area contributed by atoms with E-state index in [0.717, 1.165) is 22.4 Å². The van der Waals surface area contributed by atoms with Crippen molar-refractivity contribution in [3.8, 4) is 0 Å². The lowest BCUT2D eigenvalue weighted by Gasteiger charge is -2.18. The van der Waals surface area contributed by atoms with E-state index in [4.69, 9.17) is 0 Å². The minimum absolute atomic E-state index is 0.114. The van der Waals surface area contributed by atoms with Crippen molar-refractivity contribution in [1.82, 2.24) is 4.31 Å². The molecule has 8 nitrogen and oxygen atoms in total. The van der Waals surface area contributed by atoms with Crippen molar-refractivity contribution in [2.75, 3.05) is 18.5 Å². The maximum absolute atomic E-state index is 12.7. The fourth-order valence-electron chi connectivity index (χ4n) is 3.38. The summed E-state index contributed by atoms with van der Waals surface area (Å²) < 4.78 is 26.7. The number of benzene rings is 3. The second kappa shape index (κ2) is 9.23. The van der Waals surface area contributed by atoms with Gasteiger partial charge in [-0.05, 0) is 29.8 Å². The van der Waals surface area contributed by atoms with Gasteiger partial charge in [0.1, 0.15) is 5.69 Å². The van der Waals surface area contributed by atoms with Gasteiger partial charge in [0, 0.05) is 24.7 Å². The Hall–Kier alpha value is -3.30. The smallest absolute Gasteiger partial charge is 0.271 e. The molecule has 9 heteroatoms. The Morgan fingerprint density at radius 2 is 1.74 bits per heavy atom. The number of rotatable bonds is 8. The lowest BCUT2D eigenvalue weighted by molar-refractivity contribution is -0.384. The van der Waals surface area contributed by atoms with E-state index in [2.05, 4.69) is 10.5 Å². The van der Waals surface area contributed by atoms with Gasteiger partial charge in [-0.15, -0.1) is 0 Å². The van der Waals surface area contributed by atoms with E-state index in [1.54, 1.807) is 20.8 Å². The third-order valence-corrected chi connectivity index (χ3v) is 7.08. The Kier molecular flexibility index (Phi) is 6.67. The third-order valence-electron chi connectivity index (χ3n) is 5.03. The average Bonchev–Trinajstić information content (AvgIpc) is 2.77. The summed E-state index contributed by atoms with van der Waals surface area (Å²) in [5, 5.41) is 18.0. The number of anilines is 1. The monoisotopic (exact) mass is 440 g/mol. The van der Waals surface area contributed by atoms with Crippen molar-refractivity contribution < 1.29 is 13.3 Å². The van der Waals surface area contributed by atoms with Crippen molar-refractivity contribution in [2.24, 2.45) is 5.10 Å². The number of fused-ring (bicyclic) bond motifs is 1. The van der Waals surface area contributed by atoms with E-state index in [1.165, 1.54) is 16.4 Å². The van der Waals surface area contributed by atoms with Gasteiger partial charge < -0.3 is 0 Å². The number of nitro groups is 1. The van der Waals surface area contributed by atoms with E-state index in [1.807, 2.05) is 42.5 Å². The van der Waals surface area contributed by atoms with Gasteiger partial charge >= 0.3 is 0 Å². The molecule has 3 aromatic carbocycles. The SMILES string of the molecule is CCN(CC)S(=O)(=O)c1ccc(NN=C(C)c2cccc3ccccc23)c([N+](=O)[O-])c1. The second-order valence-electron chi connectivity index (χ2n) is 6.86. The number of hydrogen-bond acceptors (Lipinski definition) is 6. The fraction of sp³-hybridized carbons (Fsp3) is 0.227. The maximum Gasteiger partial charge on any atom is 0.295 e. The van der Waals surface area contributed by atoms with Crippen LogP contribution in [0.4, 0.5) is 11.4 Å². The van der Waals surface area contributed by atoms with Crippen LogP contribution in [-0.4, -0.2) is 36.4 Å². The second-order valence-corrected chi connectivity index (χ2v) is 8.80. The molecule has 162 valence electrons. The van der Waals surface area contributed by atoms with Crippen LogP contribution in [0.5, 0.6) is 0 Å². The molecule has 0 saturated carbocycles. The molecule has 0 aliphatic heterocycles. The number of sulfonamides is 1. The zero-order chi connectivity index (χ0) is 22.6. The van der Waals surface area contributed by atoms with Crippen LogP contribution in [0.25, 0.3) is 10.8 Å². The van der Waals surface area contributed by atoms with Crippen LogP contribution in [0.3, 0.4) is 0 Å². The largest absolute Gasteiger partial charge is 0.295 e. The van der Waals surface area contributed by atoms with E-state index in [-0.39, 0.29) is 29.4 Å². The van der Waals surface area contributed by atoms with Gasteiger partial charge in [-0.2, -0.15) is 9.41 Å². The third kappa shape index (κ3) is 4.57. The predicted molar refractivity (Wildman–Crippen MR) is 123 cm³/mol. The zero-order valence-electron chi connectivity index (χ0n) is 17.6. The molecular weight excluding hydrogens is 416 g/mol.